The highest BCUT2D eigenvalue weighted by molar-refractivity contribution is 5.91. The Labute approximate surface area is 186 Å². The number of rotatable bonds is 10. The van der Waals surface area contributed by atoms with Crippen LogP contribution >= 0.6 is 0 Å². The van der Waals surface area contributed by atoms with Crippen molar-refractivity contribution in [3.63, 3.8) is 0 Å². The number of nitrogens with one attached hydrogen (secondary N) is 1. The molecule has 1 amide bonds. The number of aromatic nitrogens is 5. The van der Waals surface area contributed by atoms with Crippen molar-refractivity contribution >= 4 is 22.9 Å². The summed E-state index contributed by atoms with van der Waals surface area (Å²) in [5.74, 6) is 1.29. The van der Waals surface area contributed by atoms with Gasteiger partial charge in [0.2, 0.25) is 23.6 Å². The van der Waals surface area contributed by atoms with Crippen LogP contribution < -0.4 is 5.32 Å². The van der Waals surface area contributed by atoms with E-state index in [1.165, 1.54) is 0 Å². The number of imidazole rings is 1. The molecule has 0 saturated carbocycles. The van der Waals surface area contributed by atoms with Crippen LogP contribution in [0.5, 0.6) is 0 Å². The fourth-order valence-electron chi connectivity index (χ4n) is 3.55. The molecule has 0 aliphatic carbocycles. The zero-order chi connectivity index (χ0) is 22.3. The predicted molar refractivity (Wildman–Crippen MR) is 122 cm³/mol. The van der Waals surface area contributed by atoms with E-state index in [4.69, 9.17) is 4.52 Å². The number of fused-ring (bicyclic) bond motifs is 1. The molecule has 0 spiro atoms. The predicted octanol–water partition coefficient (Wildman–Crippen LogP) is 3.39. The zero-order valence-electron chi connectivity index (χ0n) is 18.4. The number of hydrogen-bond acceptors (Lipinski definition) is 7. The number of amides is 1. The average Bonchev–Trinajstić information content (AvgIpc) is 3.44. The zero-order valence-corrected chi connectivity index (χ0v) is 18.4. The number of hydrogen-bond donors (Lipinski definition) is 1. The van der Waals surface area contributed by atoms with Gasteiger partial charge in [0.05, 0.1) is 11.0 Å². The van der Waals surface area contributed by atoms with Crippen molar-refractivity contribution in [2.24, 2.45) is 0 Å². The third kappa shape index (κ3) is 5.00. The first-order valence-electron chi connectivity index (χ1n) is 10.9. The fraction of sp³-hybridized carbons (Fsp3) is 0.348. The van der Waals surface area contributed by atoms with Gasteiger partial charge in [-0.25, -0.2) is 4.98 Å². The highest BCUT2D eigenvalue weighted by Crippen LogP contribution is 2.20. The number of nitrogens with zero attached hydrogens (tertiary/aromatic N) is 6. The SMILES string of the molecule is CCN(CC)CCn1c(NC(=O)CCc2nc(-c3cccnc3)no2)nc2ccccc21. The van der Waals surface area contributed by atoms with Crippen LogP contribution in [-0.2, 0) is 17.8 Å². The van der Waals surface area contributed by atoms with Crippen molar-refractivity contribution in [3.8, 4) is 11.4 Å². The van der Waals surface area contributed by atoms with Gasteiger partial charge in [-0.15, -0.1) is 0 Å². The Morgan fingerprint density at radius 1 is 1.12 bits per heavy atom. The molecule has 0 aliphatic heterocycles. The van der Waals surface area contributed by atoms with Crippen LogP contribution in [0.4, 0.5) is 5.95 Å². The highest BCUT2D eigenvalue weighted by atomic mass is 16.5. The van der Waals surface area contributed by atoms with Gasteiger partial charge in [-0.2, -0.15) is 4.98 Å². The highest BCUT2D eigenvalue weighted by Gasteiger charge is 2.15. The maximum absolute atomic E-state index is 12.7. The van der Waals surface area contributed by atoms with Gasteiger partial charge in [0.1, 0.15) is 0 Å². The summed E-state index contributed by atoms with van der Waals surface area (Å²) in [6, 6.07) is 11.6. The Hall–Kier alpha value is -3.59. The van der Waals surface area contributed by atoms with Gasteiger partial charge in [0.25, 0.3) is 0 Å². The number of carbonyl (C=O) groups excluding carboxylic acids is 1. The number of aryl methyl sites for hydroxylation is 1. The van der Waals surface area contributed by atoms with E-state index in [1.807, 2.05) is 36.4 Å². The average molecular weight is 434 g/mol. The first kappa shape index (κ1) is 21.6. The molecule has 0 saturated heterocycles. The minimum atomic E-state index is -0.148. The molecule has 1 aromatic carbocycles. The summed E-state index contributed by atoms with van der Waals surface area (Å²) in [6.07, 6.45) is 3.92. The summed E-state index contributed by atoms with van der Waals surface area (Å²) in [6.45, 7) is 7.89. The van der Waals surface area contributed by atoms with E-state index in [1.54, 1.807) is 12.4 Å². The minimum Gasteiger partial charge on any atom is -0.339 e. The molecule has 9 heteroatoms. The van der Waals surface area contributed by atoms with E-state index in [2.05, 4.69) is 48.7 Å². The third-order valence-corrected chi connectivity index (χ3v) is 5.39. The Bertz CT molecular complexity index is 1170. The monoisotopic (exact) mass is 433 g/mol. The van der Waals surface area contributed by atoms with Gasteiger partial charge < -0.3 is 14.0 Å². The third-order valence-electron chi connectivity index (χ3n) is 5.39. The summed E-state index contributed by atoms with van der Waals surface area (Å²) in [5, 5.41) is 6.93. The molecule has 0 radical (unpaired) electrons. The van der Waals surface area contributed by atoms with E-state index in [0.29, 0.717) is 24.1 Å². The lowest BCUT2D eigenvalue weighted by Crippen LogP contribution is -2.27. The van der Waals surface area contributed by atoms with Crippen molar-refractivity contribution in [1.82, 2.24) is 29.6 Å². The van der Waals surface area contributed by atoms with Crippen LogP contribution in [0.2, 0.25) is 0 Å². The van der Waals surface area contributed by atoms with E-state index < -0.39 is 0 Å². The Kier molecular flexibility index (Phi) is 6.86. The van der Waals surface area contributed by atoms with Crippen LogP contribution in [-0.4, -0.2) is 55.1 Å². The molecule has 0 atom stereocenters. The largest absolute Gasteiger partial charge is 0.339 e. The van der Waals surface area contributed by atoms with Crippen LogP contribution in [0.25, 0.3) is 22.4 Å². The van der Waals surface area contributed by atoms with Gasteiger partial charge in [-0.3, -0.25) is 15.1 Å². The van der Waals surface area contributed by atoms with E-state index in [0.717, 1.165) is 42.8 Å². The normalized spacial score (nSPS) is 11.3. The summed E-state index contributed by atoms with van der Waals surface area (Å²) in [5.41, 5.74) is 2.64. The lowest BCUT2D eigenvalue weighted by Gasteiger charge is -2.19. The van der Waals surface area contributed by atoms with Crippen molar-refractivity contribution in [3.05, 3.63) is 54.7 Å². The van der Waals surface area contributed by atoms with Gasteiger partial charge in [0, 0.05) is 43.9 Å². The number of benzene rings is 1. The van der Waals surface area contributed by atoms with Crippen molar-refractivity contribution in [2.75, 3.05) is 25.0 Å². The molecule has 3 aromatic heterocycles. The lowest BCUT2D eigenvalue weighted by molar-refractivity contribution is -0.116. The van der Waals surface area contributed by atoms with E-state index in [-0.39, 0.29) is 12.3 Å². The van der Waals surface area contributed by atoms with Crippen molar-refractivity contribution in [1.29, 1.82) is 0 Å². The first-order valence-corrected chi connectivity index (χ1v) is 10.9. The van der Waals surface area contributed by atoms with Crippen LogP contribution in [0.3, 0.4) is 0 Å². The first-order chi connectivity index (χ1) is 15.7. The maximum atomic E-state index is 12.7. The Balaban J connectivity index is 1.42. The fourth-order valence-corrected chi connectivity index (χ4v) is 3.55. The molecule has 3 heterocycles. The quantitative estimate of drug-likeness (QED) is 0.409. The van der Waals surface area contributed by atoms with E-state index >= 15 is 0 Å². The summed E-state index contributed by atoms with van der Waals surface area (Å²) in [4.78, 5) is 28.1. The lowest BCUT2D eigenvalue weighted by atomic mass is 10.2. The van der Waals surface area contributed by atoms with Crippen LogP contribution in [0.1, 0.15) is 26.2 Å². The summed E-state index contributed by atoms with van der Waals surface area (Å²) in [7, 11) is 0. The van der Waals surface area contributed by atoms with Crippen molar-refractivity contribution < 1.29 is 9.32 Å². The molecule has 4 rings (SSSR count). The van der Waals surface area contributed by atoms with Gasteiger partial charge >= 0.3 is 0 Å². The van der Waals surface area contributed by atoms with Gasteiger partial charge in [-0.1, -0.05) is 31.1 Å². The number of carbonyl (C=O) groups is 1. The smallest absolute Gasteiger partial charge is 0.227 e. The Morgan fingerprint density at radius 3 is 2.75 bits per heavy atom. The van der Waals surface area contributed by atoms with Crippen LogP contribution in [0.15, 0.2) is 53.3 Å². The molecule has 0 bridgehead atoms. The molecule has 166 valence electrons. The second kappa shape index (κ2) is 10.1. The maximum Gasteiger partial charge on any atom is 0.227 e. The molecule has 4 aromatic rings. The molecule has 0 unspecified atom stereocenters. The van der Waals surface area contributed by atoms with Gasteiger partial charge in [0.15, 0.2) is 0 Å². The second-order valence-electron chi connectivity index (χ2n) is 7.40. The number of likely N-dealkylation sites (N-methyl/N-ethyl adjacent to an activating group) is 1. The second-order valence-corrected chi connectivity index (χ2v) is 7.40. The molecular weight excluding hydrogens is 406 g/mol. The van der Waals surface area contributed by atoms with Gasteiger partial charge in [-0.05, 0) is 37.4 Å². The molecule has 0 fully saturated rings. The minimum absolute atomic E-state index is 0.148. The molecule has 0 aliphatic rings. The number of anilines is 1. The summed E-state index contributed by atoms with van der Waals surface area (Å²) < 4.78 is 7.35. The number of pyridine rings is 1. The molecule has 32 heavy (non-hydrogen) atoms. The molecule has 1 N–H and O–H groups in total. The molecule has 9 nitrogen and oxygen atoms in total. The van der Waals surface area contributed by atoms with Crippen LogP contribution in [0, 0.1) is 0 Å². The standard InChI is InChI=1S/C23H27N7O2/c1-3-29(4-2)14-15-30-19-10-6-5-9-18(19)25-23(30)26-20(31)11-12-21-27-22(28-32-21)17-8-7-13-24-16-17/h5-10,13,16H,3-4,11-12,14-15H2,1-2H3,(H,25,26,31). The van der Waals surface area contributed by atoms with E-state index in [9.17, 15) is 4.79 Å². The topological polar surface area (TPSA) is 102 Å². The Morgan fingerprint density at radius 2 is 1.97 bits per heavy atom. The summed E-state index contributed by atoms with van der Waals surface area (Å²) >= 11 is 0. The number of para-hydroxylation sites is 2. The van der Waals surface area contributed by atoms with Crippen molar-refractivity contribution in [2.45, 2.75) is 33.2 Å². The molecular formula is C23H27N7O2.